The van der Waals surface area contributed by atoms with E-state index in [9.17, 15) is 4.79 Å². The van der Waals surface area contributed by atoms with Crippen molar-refractivity contribution < 1.29 is 14.3 Å². The van der Waals surface area contributed by atoms with E-state index in [0.29, 0.717) is 11.0 Å². The second kappa shape index (κ2) is 7.94. The number of hydrogen-bond acceptors (Lipinski definition) is 3. The predicted molar refractivity (Wildman–Crippen MR) is 118 cm³/mol. The number of rotatable bonds is 6. The maximum Gasteiger partial charge on any atom is 0.342 e. The van der Waals surface area contributed by atoms with Crippen LogP contribution < -0.4 is 4.74 Å². The summed E-state index contributed by atoms with van der Waals surface area (Å²) in [5.74, 6) is 3.43. The lowest BCUT2D eigenvalue weighted by Gasteiger charge is -2.57. The SMILES string of the molecule is COc1ccc(CC=COC(=O)c2ccccc2)cc1C12CC3CC(CC(C3)C1)C2. The van der Waals surface area contributed by atoms with Gasteiger partial charge in [0.15, 0.2) is 0 Å². The fourth-order valence-corrected chi connectivity index (χ4v) is 6.67. The number of ether oxygens (including phenoxy) is 2. The van der Waals surface area contributed by atoms with Crippen LogP contribution in [0.4, 0.5) is 0 Å². The molecule has 2 aromatic rings. The number of esters is 1. The highest BCUT2D eigenvalue weighted by molar-refractivity contribution is 5.89. The summed E-state index contributed by atoms with van der Waals surface area (Å²) in [6.45, 7) is 0. The largest absolute Gasteiger partial charge is 0.496 e. The van der Waals surface area contributed by atoms with Crippen molar-refractivity contribution in [3.8, 4) is 5.75 Å². The van der Waals surface area contributed by atoms with Crippen molar-refractivity contribution in [2.45, 2.75) is 50.4 Å². The van der Waals surface area contributed by atoms with Crippen LogP contribution in [-0.4, -0.2) is 13.1 Å². The van der Waals surface area contributed by atoms with Gasteiger partial charge in [0.2, 0.25) is 0 Å². The van der Waals surface area contributed by atoms with Crippen LogP contribution in [0.2, 0.25) is 0 Å². The summed E-state index contributed by atoms with van der Waals surface area (Å²) in [5, 5.41) is 0. The molecule has 4 aliphatic carbocycles. The Bertz CT molecular complexity index is 909. The lowest BCUT2D eigenvalue weighted by Crippen LogP contribution is -2.48. The second-order valence-corrected chi connectivity index (χ2v) is 9.58. The van der Waals surface area contributed by atoms with Crippen LogP contribution in [0.25, 0.3) is 0 Å². The average Bonchev–Trinajstić information content (AvgIpc) is 2.76. The van der Waals surface area contributed by atoms with Gasteiger partial charge in [-0.15, -0.1) is 0 Å². The number of benzene rings is 2. The molecule has 2 aromatic carbocycles. The van der Waals surface area contributed by atoms with E-state index in [1.165, 1.54) is 55.9 Å². The van der Waals surface area contributed by atoms with E-state index < -0.39 is 0 Å². The molecule has 156 valence electrons. The summed E-state index contributed by atoms with van der Waals surface area (Å²) in [4.78, 5) is 12.1. The fourth-order valence-electron chi connectivity index (χ4n) is 6.67. The molecule has 0 aromatic heterocycles. The minimum atomic E-state index is -0.323. The molecule has 0 unspecified atom stereocenters. The zero-order chi connectivity index (χ0) is 20.6. The van der Waals surface area contributed by atoms with Crippen LogP contribution in [0, 0.1) is 17.8 Å². The monoisotopic (exact) mass is 402 g/mol. The number of allylic oxidation sites excluding steroid dienone is 1. The van der Waals surface area contributed by atoms with Gasteiger partial charge < -0.3 is 9.47 Å². The van der Waals surface area contributed by atoms with Crippen molar-refractivity contribution in [2.24, 2.45) is 17.8 Å². The first-order chi connectivity index (χ1) is 14.6. The van der Waals surface area contributed by atoms with Crippen LogP contribution in [0.3, 0.4) is 0 Å². The summed E-state index contributed by atoms with van der Waals surface area (Å²) in [7, 11) is 1.79. The summed E-state index contributed by atoms with van der Waals surface area (Å²) in [5.41, 5.74) is 3.53. The maximum absolute atomic E-state index is 12.1. The Labute approximate surface area is 179 Å². The zero-order valence-electron chi connectivity index (χ0n) is 17.7. The molecule has 4 fully saturated rings. The zero-order valence-corrected chi connectivity index (χ0v) is 17.7. The molecule has 4 aliphatic rings. The lowest BCUT2D eigenvalue weighted by molar-refractivity contribution is -0.00618. The molecule has 30 heavy (non-hydrogen) atoms. The molecule has 0 amide bonds. The van der Waals surface area contributed by atoms with E-state index in [2.05, 4.69) is 18.2 Å². The third-order valence-electron chi connectivity index (χ3n) is 7.51. The van der Waals surface area contributed by atoms with E-state index in [1.807, 2.05) is 24.3 Å². The van der Waals surface area contributed by atoms with Crippen LogP contribution in [0.15, 0.2) is 60.9 Å². The van der Waals surface area contributed by atoms with Crippen molar-refractivity contribution in [1.82, 2.24) is 0 Å². The van der Waals surface area contributed by atoms with Crippen molar-refractivity contribution in [1.29, 1.82) is 0 Å². The van der Waals surface area contributed by atoms with Gasteiger partial charge >= 0.3 is 5.97 Å². The number of carbonyl (C=O) groups excluding carboxylic acids is 1. The van der Waals surface area contributed by atoms with E-state index in [-0.39, 0.29) is 5.97 Å². The van der Waals surface area contributed by atoms with Crippen LogP contribution in [0.1, 0.15) is 60.0 Å². The quantitative estimate of drug-likeness (QED) is 0.434. The molecule has 0 spiro atoms. The van der Waals surface area contributed by atoms with Crippen LogP contribution in [0.5, 0.6) is 5.75 Å². The van der Waals surface area contributed by atoms with Gasteiger partial charge in [-0.05, 0) is 98.0 Å². The Morgan fingerprint density at radius 1 is 1.00 bits per heavy atom. The Morgan fingerprint density at radius 2 is 1.67 bits per heavy atom. The molecule has 3 heteroatoms. The minimum absolute atomic E-state index is 0.305. The highest BCUT2D eigenvalue weighted by Crippen LogP contribution is 2.61. The molecule has 0 radical (unpaired) electrons. The smallest absolute Gasteiger partial charge is 0.342 e. The Balaban J connectivity index is 1.31. The van der Waals surface area contributed by atoms with Gasteiger partial charge in [0.25, 0.3) is 0 Å². The highest BCUT2D eigenvalue weighted by Gasteiger charge is 2.52. The Kier molecular flexibility index (Phi) is 5.14. The first-order valence-electron chi connectivity index (χ1n) is 11.2. The average molecular weight is 403 g/mol. The van der Waals surface area contributed by atoms with E-state index in [1.54, 1.807) is 19.2 Å². The van der Waals surface area contributed by atoms with Crippen LogP contribution >= 0.6 is 0 Å². The third kappa shape index (κ3) is 3.66. The van der Waals surface area contributed by atoms with Gasteiger partial charge in [0.1, 0.15) is 5.75 Å². The summed E-state index contributed by atoms with van der Waals surface area (Å²) < 4.78 is 11.1. The maximum atomic E-state index is 12.1. The number of methoxy groups -OCH3 is 1. The topological polar surface area (TPSA) is 35.5 Å². The van der Waals surface area contributed by atoms with E-state index >= 15 is 0 Å². The van der Waals surface area contributed by atoms with E-state index in [4.69, 9.17) is 9.47 Å². The molecular formula is C27H30O3. The molecule has 3 nitrogen and oxygen atoms in total. The summed E-state index contributed by atoms with van der Waals surface area (Å²) in [6, 6.07) is 15.7. The normalized spacial score (nSPS) is 29.3. The van der Waals surface area contributed by atoms with Crippen molar-refractivity contribution in [3.63, 3.8) is 0 Å². The number of hydrogen-bond donors (Lipinski definition) is 0. The Morgan fingerprint density at radius 3 is 2.30 bits per heavy atom. The summed E-state index contributed by atoms with van der Waals surface area (Å²) in [6.07, 6.45) is 12.5. The lowest BCUT2D eigenvalue weighted by atomic mass is 9.48. The second-order valence-electron chi connectivity index (χ2n) is 9.58. The van der Waals surface area contributed by atoms with Crippen LogP contribution in [-0.2, 0) is 16.6 Å². The number of carbonyl (C=O) groups is 1. The van der Waals surface area contributed by atoms with Gasteiger partial charge in [-0.1, -0.05) is 30.3 Å². The molecule has 4 saturated carbocycles. The van der Waals surface area contributed by atoms with Gasteiger partial charge in [0, 0.05) is 5.56 Å². The molecule has 4 bridgehead atoms. The molecule has 0 saturated heterocycles. The highest BCUT2D eigenvalue weighted by atomic mass is 16.5. The van der Waals surface area contributed by atoms with Crippen molar-refractivity contribution in [3.05, 3.63) is 77.6 Å². The van der Waals surface area contributed by atoms with Gasteiger partial charge in [-0.3, -0.25) is 0 Å². The molecule has 0 aliphatic heterocycles. The minimum Gasteiger partial charge on any atom is -0.496 e. The van der Waals surface area contributed by atoms with E-state index in [0.717, 1.165) is 29.9 Å². The van der Waals surface area contributed by atoms with Crippen molar-refractivity contribution in [2.75, 3.05) is 7.11 Å². The predicted octanol–water partition coefficient (Wildman–Crippen LogP) is 6.08. The molecule has 6 rings (SSSR count). The molecular weight excluding hydrogens is 372 g/mol. The summed E-state index contributed by atoms with van der Waals surface area (Å²) >= 11 is 0. The molecule has 0 N–H and O–H groups in total. The first-order valence-corrected chi connectivity index (χ1v) is 11.2. The Hall–Kier alpha value is -2.55. The first kappa shape index (κ1) is 19.4. The third-order valence-corrected chi connectivity index (χ3v) is 7.51. The van der Waals surface area contributed by atoms with Crippen molar-refractivity contribution >= 4 is 5.97 Å². The van der Waals surface area contributed by atoms with Gasteiger partial charge in [0.05, 0.1) is 18.9 Å². The molecule has 0 atom stereocenters. The standard InChI is InChI=1S/C27H30O3/c1-29-25-10-9-19(6-5-11-30-26(28)23-7-3-2-4-8-23)15-24(25)27-16-20-12-21(17-27)14-22(13-20)18-27/h2-5,7-11,15,20-22H,6,12-14,16-18H2,1H3. The van der Waals surface area contributed by atoms with Gasteiger partial charge in [-0.2, -0.15) is 0 Å². The molecule has 0 heterocycles. The van der Waals surface area contributed by atoms with Gasteiger partial charge in [-0.25, -0.2) is 4.79 Å². The fraction of sp³-hybridized carbons (Fsp3) is 0.444.